The van der Waals surface area contributed by atoms with E-state index >= 15 is 0 Å². The van der Waals surface area contributed by atoms with Crippen molar-refractivity contribution in [3.8, 4) is 0 Å². The van der Waals surface area contributed by atoms with Crippen molar-refractivity contribution in [2.45, 2.75) is 18.4 Å². The lowest BCUT2D eigenvalue weighted by Crippen LogP contribution is -2.12. The maximum absolute atomic E-state index is 12.0. The summed E-state index contributed by atoms with van der Waals surface area (Å²) < 4.78 is 28.6. The van der Waals surface area contributed by atoms with Gasteiger partial charge in [-0.1, -0.05) is 0 Å². The molecule has 1 saturated carbocycles. The number of alkyl halides is 2. The summed E-state index contributed by atoms with van der Waals surface area (Å²) in [4.78, 5) is 0. The fraction of sp³-hybridized carbons (Fsp3) is 1.00. The third kappa shape index (κ3) is 2.36. The second kappa shape index (κ2) is 3.46. The molecule has 1 fully saturated rings. The zero-order chi connectivity index (χ0) is 6.91. The zero-order valence-corrected chi connectivity index (χ0v) is 6.16. The monoisotopic (exact) mass is 173 g/mol. The van der Waals surface area contributed by atoms with Gasteiger partial charge in [-0.25, -0.2) is 8.78 Å². The third-order valence-electron chi connectivity index (χ3n) is 1.21. The minimum atomic E-state index is -2.56. The zero-order valence-electron chi connectivity index (χ0n) is 5.35. The van der Waals surface area contributed by atoms with Crippen LogP contribution in [0.4, 0.5) is 8.78 Å². The topological polar surface area (TPSA) is 35.2 Å². The van der Waals surface area contributed by atoms with Gasteiger partial charge in [0.1, 0.15) is 6.10 Å². The molecule has 0 radical (unpaired) electrons. The molecule has 1 aliphatic carbocycles. The Morgan fingerprint density at radius 1 is 1.60 bits per heavy atom. The van der Waals surface area contributed by atoms with Gasteiger partial charge in [0.25, 0.3) is 5.92 Å². The second-order valence-corrected chi connectivity index (χ2v) is 2.11. The van der Waals surface area contributed by atoms with Crippen LogP contribution in [0, 0.1) is 0 Å². The molecule has 0 amide bonds. The molecule has 62 valence electrons. The Morgan fingerprint density at radius 2 is 2.10 bits per heavy atom. The van der Waals surface area contributed by atoms with Crippen LogP contribution in [0.5, 0.6) is 0 Å². The van der Waals surface area contributed by atoms with Crippen LogP contribution in [0.1, 0.15) is 6.42 Å². The first-order chi connectivity index (χ1) is 4.17. The van der Waals surface area contributed by atoms with Crippen LogP contribution in [0.15, 0.2) is 0 Å². The molecule has 0 saturated heterocycles. The highest BCUT2D eigenvalue weighted by Gasteiger charge is 2.58. The standard InChI is InChI=1S/C5H9F2NO.ClH/c6-5(7)3-4(5)9-2-1-8;/h4H,1-3,8H2;1H. The molecule has 1 atom stereocenters. The molecule has 0 aliphatic heterocycles. The number of nitrogens with two attached hydrogens (primary N) is 1. The molecule has 1 unspecified atom stereocenters. The van der Waals surface area contributed by atoms with Crippen molar-refractivity contribution in [3.63, 3.8) is 0 Å². The summed E-state index contributed by atoms with van der Waals surface area (Å²) in [6.07, 6.45) is -0.978. The van der Waals surface area contributed by atoms with Gasteiger partial charge in [-0.2, -0.15) is 0 Å². The average Bonchev–Trinajstić information content (AvgIpc) is 2.35. The highest BCUT2D eigenvalue weighted by atomic mass is 35.5. The highest BCUT2D eigenvalue weighted by Crippen LogP contribution is 2.43. The van der Waals surface area contributed by atoms with Gasteiger partial charge in [-0.3, -0.25) is 0 Å². The van der Waals surface area contributed by atoms with E-state index in [1.54, 1.807) is 0 Å². The third-order valence-corrected chi connectivity index (χ3v) is 1.21. The summed E-state index contributed by atoms with van der Waals surface area (Å²) in [5.74, 6) is -2.56. The molecule has 0 aromatic heterocycles. The van der Waals surface area contributed by atoms with Crippen LogP contribution in [-0.4, -0.2) is 25.2 Å². The van der Waals surface area contributed by atoms with Gasteiger partial charge in [0, 0.05) is 13.0 Å². The van der Waals surface area contributed by atoms with Crippen LogP contribution in [0.25, 0.3) is 0 Å². The van der Waals surface area contributed by atoms with E-state index in [9.17, 15) is 8.78 Å². The number of ether oxygens (including phenoxy) is 1. The van der Waals surface area contributed by atoms with E-state index in [1.165, 1.54) is 0 Å². The van der Waals surface area contributed by atoms with Crippen LogP contribution >= 0.6 is 12.4 Å². The van der Waals surface area contributed by atoms with Gasteiger partial charge in [-0.15, -0.1) is 12.4 Å². The lowest BCUT2D eigenvalue weighted by atomic mass is 10.7. The Labute approximate surface area is 64.1 Å². The quantitative estimate of drug-likeness (QED) is 0.685. The summed E-state index contributed by atoms with van der Waals surface area (Å²) in [7, 11) is 0. The summed E-state index contributed by atoms with van der Waals surface area (Å²) in [5.41, 5.74) is 5.02. The minimum Gasteiger partial charge on any atom is -0.370 e. The minimum absolute atomic E-state index is 0. The van der Waals surface area contributed by atoms with E-state index in [0.29, 0.717) is 6.54 Å². The summed E-state index contributed by atoms with van der Waals surface area (Å²) in [5, 5.41) is 0. The van der Waals surface area contributed by atoms with Gasteiger partial charge in [0.2, 0.25) is 0 Å². The summed E-state index contributed by atoms with van der Waals surface area (Å²) >= 11 is 0. The van der Waals surface area contributed by atoms with E-state index < -0.39 is 12.0 Å². The fourth-order valence-electron chi connectivity index (χ4n) is 0.579. The van der Waals surface area contributed by atoms with Gasteiger partial charge in [0.15, 0.2) is 0 Å². The molecule has 0 aromatic carbocycles. The largest absolute Gasteiger partial charge is 0.370 e. The molecule has 10 heavy (non-hydrogen) atoms. The smallest absolute Gasteiger partial charge is 0.276 e. The van der Waals surface area contributed by atoms with Crippen molar-refractivity contribution in [1.29, 1.82) is 0 Å². The Morgan fingerprint density at radius 3 is 2.40 bits per heavy atom. The molecule has 0 bridgehead atoms. The van der Waals surface area contributed by atoms with Crippen LogP contribution in [0.2, 0.25) is 0 Å². The molecule has 2 nitrogen and oxygen atoms in total. The molecule has 1 rings (SSSR count). The maximum atomic E-state index is 12.0. The molecular formula is C5H10ClF2NO. The maximum Gasteiger partial charge on any atom is 0.276 e. The molecular weight excluding hydrogens is 164 g/mol. The van der Waals surface area contributed by atoms with E-state index in [-0.39, 0.29) is 25.4 Å². The summed E-state index contributed by atoms with van der Waals surface area (Å²) in [6.45, 7) is 0.548. The number of hydrogen-bond acceptors (Lipinski definition) is 2. The van der Waals surface area contributed by atoms with Crippen molar-refractivity contribution >= 4 is 12.4 Å². The van der Waals surface area contributed by atoms with Gasteiger partial charge in [0.05, 0.1) is 6.61 Å². The predicted molar refractivity (Wildman–Crippen MR) is 35.6 cm³/mol. The van der Waals surface area contributed by atoms with Gasteiger partial charge >= 0.3 is 0 Å². The highest BCUT2D eigenvalue weighted by molar-refractivity contribution is 5.85. The first kappa shape index (κ1) is 10.1. The molecule has 5 heteroatoms. The Hall–Kier alpha value is 0.0700. The lowest BCUT2D eigenvalue weighted by molar-refractivity contribution is 0.0161. The van der Waals surface area contributed by atoms with E-state index in [4.69, 9.17) is 5.73 Å². The summed E-state index contributed by atoms with van der Waals surface area (Å²) in [6, 6.07) is 0. The van der Waals surface area contributed by atoms with Crippen LogP contribution < -0.4 is 5.73 Å². The molecule has 2 N–H and O–H groups in total. The second-order valence-electron chi connectivity index (χ2n) is 2.11. The SMILES string of the molecule is Cl.NCCOC1CC1(F)F. The average molecular weight is 174 g/mol. The van der Waals surface area contributed by atoms with E-state index in [2.05, 4.69) is 4.74 Å². The molecule has 0 spiro atoms. The number of hydrogen-bond donors (Lipinski definition) is 1. The fourth-order valence-corrected chi connectivity index (χ4v) is 0.579. The Bertz CT molecular complexity index is 112. The first-order valence-electron chi connectivity index (χ1n) is 2.86. The predicted octanol–water partition coefficient (Wildman–Crippen LogP) is 0.791. The van der Waals surface area contributed by atoms with Crippen molar-refractivity contribution in [3.05, 3.63) is 0 Å². The van der Waals surface area contributed by atoms with Crippen molar-refractivity contribution < 1.29 is 13.5 Å². The number of rotatable bonds is 3. The van der Waals surface area contributed by atoms with E-state index in [0.717, 1.165) is 0 Å². The van der Waals surface area contributed by atoms with E-state index in [1.807, 2.05) is 0 Å². The molecule has 1 aliphatic rings. The first-order valence-corrected chi connectivity index (χ1v) is 2.86. The van der Waals surface area contributed by atoms with Gasteiger partial charge < -0.3 is 10.5 Å². The normalized spacial score (nSPS) is 27.3. The van der Waals surface area contributed by atoms with Crippen LogP contribution in [0.3, 0.4) is 0 Å². The Balaban J connectivity index is 0.000000810. The van der Waals surface area contributed by atoms with Crippen molar-refractivity contribution in [1.82, 2.24) is 0 Å². The molecule has 0 aromatic rings. The lowest BCUT2D eigenvalue weighted by Gasteiger charge is -1.97. The van der Waals surface area contributed by atoms with Gasteiger partial charge in [-0.05, 0) is 0 Å². The number of halogens is 3. The van der Waals surface area contributed by atoms with Crippen molar-refractivity contribution in [2.75, 3.05) is 13.2 Å². The molecule has 0 heterocycles. The van der Waals surface area contributed by atoms with Crippen molar-refractivity contribution in [2.24, 2.45) is 5.73 Å². The Kier molecular flexibility index (Phi) is 3.48. The van der Waals surface area contributed by atoms with Crippen LogP contribution in [-0.2, 0) is 4.74 Å².